The molecule has 0 spiro atoms. The third kappa shape index (κ3) is 2.56. The van der Waals surface area contributed by atoms with Crippen LogP contribution in [0.3, 0.4) is 0 Å². The Morgan fingerprint density at radius 3 is 3.12 bits per heavy atom. The van der Waals surface area contributed by atoms with Gasteiger partial charge in [0.2, 0.25) is 5.13 Å². The van der Waals surface area contributed by atoms with Gasteiger partial charge in [-0.15, -0.1) is 11.3 Å². The summed E-state index contributed by atoms with van der Waals surface area (Å²) in [6, 6.07) is 0. The third-order valence-corrected chi connectivity index (χ3v) is 3.08. The number of carbonyl (C=O) groups is 1. The molecule has 0 saturated heterocycles. The van der Waals surface area contributed by atoms with E-state index in [1.54, 1.807) is 5.38 Å². The summed E-state index contributed by atoms with van der Waals surface area (Å²) in [5.74, 6) is -0.307. The highest BCUT2D eigenvalue weighted by molar-refractivity contribution is 7.10. The lowest BCUT2D eigenvalue weighted by Gasteiger charge is -1.95. The van der Waals surface area contributed by atoms with Crippen molar-refractivity contribution in [2.45, 2.75) is 6.42 Å². The van der Waals surface area contributed by atoms with Crippen molar-refractivity contribution in [2.75, 3.05) is 11.9 Å². The summed E-state index contributed by atoms with van der Waals surface area (Å²) >= 11 is 2.43. The first-order chi connectivity index (χ1) is 7.79. The normalized spacial score (nSPS) is 10.3. The number of amides is 1. The molecular formula is C7H8N6OS2. The number of anilines is 1. The molecule has 0 fully saturated rings. The van der Waals surface area contributed by atoms with Gasteiger partial charge in [0, 0.05) is 23.3 Å². The zero-order valence-electron chi connectivity index (χ0n) is 8.08. The van der Waals surface area contributed by atoms with E-state index in [0.717, 1.165) is 16.5 Å². The molecule has 0 aliphatic heterocycles. The van der Waals surface area contributed by atoms with Crippen molar-refractivity contribution in [3.8, 4) is 0 Å². The van der Waals surface area contributed by atoms with Crippen LogP contribution in [-0.2, 0) is 6.42 Å². The molecule has 2 rings (SSSR count). The fourth-order valence-corrected chi connectivity index (χ4v) is 2.15. The molecule has 2 aromatic heterocycles. The molecule has 7 nitrogen and oxygen atoms in total. The van der Waals surface area contributed by atoms with Crippen LogP contribution in [0, 0.1) is 0 Å². The molecule has 0 saturated carbocycles. The summed E-state index contributed by atoms with van der Waals surface area (Å²) in [5, 5.41) is 12.4. The van der Waals surface area contributed by atoms with Gasteiger partial charge >= 0.3 is 0 Å². The maximum absolute atomic E-state index is 11.6. The minimum absolute atomic E-state index is 0.307. The molecular weight excluding hydrogens is 248 g/mol. The van der Waals surface area contributed by atoms with E-state index < -0.39 is 0 Å². The van der Waals surface area contributed by atoms with E-state index in [2.05, 4.69) is 25.1 Å². The fourth-order valence-electron chi connectivity index (χ4n) is 0.997. The maximum atomic E-state index is 11.6. The van der Waals surface area contributed by atoms with Crippen LogP contribution in [-0.4, -0.2) is 32.2 Å². The molecule has 84 valence electrons. The average molecular weight is 256 g/mol. The quantitative estimate of drug-likeness (QED) is 0.806. The number of nitrogens with zero attached hydrogens (tertiary/aromatic N) is 4. The van der Waals surface area contributed by atoms with Crippen LogP contribution in [0.2, 0.25) is 0 Å². The Labute approximate surface area is 98.9 Å². The van der Waals surface area contributed by atoms with Gasteiger partial charge in [0.15, 0.2) is 0 Å². The fraction of sp³-hybridized carbons (Fsp3) is 0.286. The van der Waals surface area contributed by atoms with Crippen LogP contribution in [0.15, 0.2) is 5.38 Å². The van der Waals surface area contributed by atoms with Crippen LogP contribution in [0.4, 0.5) is 5.13 Å². The van der Waals surface area contributed by atoms with Crippen LogP contribution >= 0.6 is 22.9 Å². The molecule has 1 amide bonds. The van der Waals surface area contributed by atoms with Crippen molar-refractivity contribution in [1.29, 1.82) is 0 Å². The first-order valence-corrected chi connectivity index (χ1v) is 6.05. The number of nitrogens with one attached hydrogen (secondary N) is 1. The predicted molar refractivity (Wildman–Crippen MR) is 60.5 cm³/mol. The van der Waals surface area contributed by atoms with E-state index in [-0.39, 0.29) is 5.91 Å². The molecule has 9 heteroatoms. The Balaban J connectivity index is 2.03. The lowest BCUT2D eigenvalue weighted by atomic mass is 10.4. The smallest absolute Gasteiger partial charge is 0.277 e. The van der Waals surface area contributed by atoms with Crippen molar-refractivity contribution in [3.05, 3.63) is 16.1 Å². The number of hydrogen-bond donors (Lipinski definition) is 2. The van der Waals surface area contributed by atoms with E-state index in [1.165, 1.54) is 11.3 Å². The summed E-state index contributed by atoms with van der Waals surface area (Å²) in [7, 11) is 0. The minimum Gasteiger partial charge on any atom is -0.330 e. The molecule has 0 atom stereocenters. The number of thiazole rings is 1. The maximum Gasteiger partial charge on any atom is 0.277 e. The van der Waals surface area contributed by atoms with Gasteiger partial charge in [-0.3, -0.25) is 10.1 Å². The molecule has 2 aromatic rings. The van der Waals surface area contributed by atoms with Gasteiger partial charge in [-0.2, -0.15) is 0 Å². The zero-order valence-corrected chi connectivity index (χ0v) is 9.72. The largest absolute Gasteiger partial charge is 0.330 e. The number of nitrogens with two attached hydrogens (primary N) is 1. The Morgan fingerprint density at radius 2 is 2.44 bits per heavy atom. The highest BCUT2D eigenvalue weighted by atomic mass is 32.1. The molecule has 0 radical (unpaired) electrons. The Hall–Kier alpha value is -1.45. The van der Waals surface area contributed by atoms with Crippen molar-refractivity contribution in [2.24, 2.45) is 5.73 Å². The zero-order chi connectivity index (χ0) is 11.4. The van der Waals surface area contributed by atoms with Crippen LogP contribution in [0.25, 0.3) is 0 Å². The number of carbonyl (C=O) groups excluding carboxylic acids is 1. The predicted octanol–water partition coefficient (Wildman–Crippen LogP) is 0.143. The van der Waals surface area contributed by atoms with E-state index in [9.17, 15) is 4.79 Å². The van der Waals surface area contributed by atoms with Gasteiger partial charge in [-0.25, -0.2) is 4.98 Å². The van der Waals surface area contributed by atoms with Crippen LogP contribution in [0.1, 0.15) is 15.5 Å². The Kier molecular flexibility index (Phi) is 3.49. The van der Waals surface area contributed by atoms with Crippen molar-refractivity contribution in [1.82, 2.24) is 19.8 Å². The second kappa shape index (κ2) is 5.05. The third-order valence-electron chi connectivity index (χ3n) is 1.66. The van der Waals surface area contributed by atoms with Crippen molar-refractivity contribution < 1.29 is 4.79 Å². The second-order valence-corrected chi connectivity index (χ2v) is 4.46. The number of aromatic nitrogens is 4. The van der Waals surface area contributed by atoms with Gasteiger partial charge in [-0.05, 0) is 11.8 Å². The van der Waals surface area contributed by atoms with Crippen molar-refractivity contribution >= 4 is 33.9 Å². The lowest BCUT2D eigenvalue weighted by Crippen LogP contribution is -2.12. The molecule has 0 aliphatic carbocycles. The summed E-state index contributed by atoms with van der Waals surface area (Å²) in [4.78, 5) is 15.8. The SMILES string of the molecule is NCCc1nc(C(=O)Nc2nnns2)cs1. The first kappa shape index (κ1) is 11.0. The molecule has 0 aliphatic rings. The minimum atomic E-state index is -0.307. The molecule has 3 N–H and O–H groups in total. The first-order valence-electron chi connectivity index (χ1n) is 4.40. The molecule has 0 bridgehead atoms. The topological polar surface area (TPSA) is 107 Å². The van der Waals surface area contributed by atoms with Gasteiger partial charge in [-0.1, -0.05) is 9.59 Å². The Bertz CT molecular complexity index is 467. The lowest BCUT2D eigenvalue weighted by molar-refractivity contribution is 0.102. The molecule has 0 unspecified atom stereocenters. The van der Waals surface area contributed by atoms with Gasteiger partial charge in [0.1, 0.15) is 5.69 Å². The van der Waals surface area contributed by atoms with Crippen LogP contribution < -0.4 is 11.1 Å². The van der Waals surface area contributed by atoms with E-state index >= 15 is 0 Å². The van der Waals surface area contributed by atoms with Crippen LogP contribution in [0.5, 0.6) is 0 Å². The number of rotatable bonds is 4. The van der Waals surface area contributed by atoms with E-state index in [0.29, 0.717) is 23.8 Å². The summed E-state index contributed by atoms with van der Waals surface area (Å²) in [5.41, 5.74) is 5.76. The van der Waals surface area contributed by atoms with Gasteiger partial charge < -0.3 is 5.73 Å². The summed E-state index contributed by atoms with van der Waals surface area (Å²) < 4.78 is 3.54. The van der Waals surface area contributed by atoms with Crippen molar-refractivity contribution in [3.63, 3.8) is 0 Å². The van der Waals surface area contributed by atoms with Gasteiger partial charge in [0.25, 0.3) is 5.91 Å². The molecule has 0 aromatic carbocycles. The standard InChI is InChI=1S/C7H8N6OS2/c8-2-1-5-9-4(3-15-5)6(14)10-7-11-12-13-16-7/h3H,1-2,8H2,(H,10,11,13,14). The van der Waals surface area contributed by atoms with E-state index in [1.807, 2.05) is 0 Å². The summed E-state index contributed by atoms with van der Waals surface area (Å²) in [6.45, 7) is 0.523. The average Bonchev–Trinajstić information content (AvgIpc) is 2.89. The molecule has 2 heterocycles. The second-order valence-electron chi connectivity index (χ2n) is 2.79. The molecule has 16 heavy (non-hydrogen) atoms. The van der Waals surface area contributed by atoms with Gasteiger partial charge in [0.05, 0.1) is 5.01 Å². The number of hydrogen-bond acceptors (Lipinski definition) is 8. The Morgan fingerprint density at radius 1 is 1.56 bits per heavy atom. The monoisotopic (exact) mass is 256 g/mol. The van der Waals surface area contributed by atoms with E-state index in [4.69, 9.17) is 5.73 Å². The highest BCUT2D eigenvalue weighted by Gasteiger charge is 2.12. The summed E-state index contributed by atoms with van der Waals surface area (Å²) in [6.07, 6.45) is 0.679. The highest BCUT2D eigenvalue weighted by Crippen LogP contribution is 2.12.